The molecule has 0 radical (unpaired) electrons. The Morgan fingerprint density at radius 1 is 0.917 bits per heavy atom. The molecule has 178 valence electrons. The number of carbonyl (C=O) groups excluding carboxylic acids is 2. The Hall–Kier alpha value is -4.78. The van der Waals surface area contributed by atoms with Gasteiger partial charge < -0.3 is 14.7 Å². The third kappa shape index (κ3) is 4.72. The molecular weight excluding hydrogens is 454 g/mol. The number of H-pyrrole nitrogens is 1. The highest BCUT2D eigenvalue weighted by molar-refractivity contribution is 6.46. The number of aromatic amines is 1. The standard InChI is InChI=1S/C29H23N3O4/c33-27(23-8-10-24(11-9-23)36-19-20-5-2-1-3-6-20)25-26(22-12-15-30-16-13-22)32(29(35)28(25)34)18-21-7-4-14-31-17-21/h1-17,26,33H,18-19H2. The van der Waals surface area contributed by atoms with Crippen molar-refractivity contribution >= 4 is 17.4 Å². The summed E-state index contributed by atoms with van der Waals surface area (Å²) >= 11 is 0. The van der Waals surface area contributed by atoms with Crippen molar-refractivity contribution in [3.05, 3.63) is 131 Å². The second-order valence-electron chi connectivity index (χ2n) is 8.40. The highest BCUT2D eigenvalue weighted by Crippen LogP contribution is 2.39. The van der Waals surface area contributed by atoms with E-state index in [9.17, 15) is 14.7 Å². The summed E-state index contributed by atoms with van der Waals surface area (Å²) in [6.07, 6.45) is 6.68. The first-order valence-electron chi connectivity index (χ1n) is 11.5. The number of rotatable bonds is 7. The van der Waals surface area contributed by atoms with Gasteiger partial charge in [0.15, 0.2) is 12.4 Å². The van der Waals surface area contributed by atoms with Crippen molar-refractivity contribution < 1.29 is 24.4 Å². The van der Waals surface area contributed by atoms with Gasteiger partial charge in [-0.2, -0.15) is 0 Å². The third-order valence-electron chi connectivity index (χ3n) is 6.04. The molecule has 2 aromatic heterocycles. The largest absolute Gasteiger partial charge is 0.872 e. The molecule has 1 aliphatic rings. The van der Waals surface area contributed by atoms with Gasteiger partial charge in [-0.25, -0.2) is 4.98 Å². The Bertz CT molecular complexity index is 1390. The summed E-state index contributed by atoms with van der Waals surface area (Å²) in [6.45, 7) is 0.576. The molecule has 3 heterocycles. The first-order valence-corrected chi connectivity index (χ1v) is 11.5. The van der Waals surface area contributed by atoms with E-state index in [1.807, 2.05) is 42.5 Å². The second kappa shape index (κ2) is 10.2. The molecule has 0 bridgehead atoms. The van der Waals surface area contributed by atoms with Gasteiger partial charge in [0.05, 0.1) is 12.6 Å². The van der Waals surface area contributed by atoms with Crippen LogP contribution in [-0.2, 0) is 22.7 Å². The summed E-state index contributed by atoms with van der Waals surface area (Å²) in [5.41, 5.74) is 2.73. The monoisotopic (exact) mass is 477 g/mol. The zero-order valence-corrected chi connectivity index (χ0v) is 19.3. The average Bonchev–Trinajstić information content (AvgIpc) is 3.18. The normalized spacial score (nSPS) is 16.8. The molecule has 1 saturated heterocycles. The van der Waals surface area contributed by atoms with Crippen LogP contribution in [0.15, 0.2) is 109 Å². The molecule has 1 atom stereocenters. The van der Waals surface area contributed by atoms with Crippen LogP contribution in [-0.4, -0.2) is 21.6 Å². The number of ketones is 1. The van der Waals surface area contributed by atoms with E-state index in [4.69, 9.17) is 4.74 Å². The SMILES string of the molecule is O=C1C(=O)N(Cc2ccc[nH+]c2)C(c2ccncc2)C1=C([O-])c1ccc(OCc2ccccc2)cc1. The Labute approximate surface area is 208 Å². The number of hydrogen-bond acceptors (Lipinski definition) is 5. The van der Waals surface area contributed by atoms with Crippen LogP contribution in [0, 0.1) is 0 Å². The topological polar surface area (TPSA) is 96.7 Å². The first-order chi connectivity index (χ1) is 17.6. The molecule has 0 aliphatic carbocycles. The lowest BCUT2D eigenvalue weighted by molar-refractivity contribution is -0.378. The summed E-state index contributed by atoms with van der Waals surface area (Å²) in [7, 11) is 0. The maximum atomic E-state index is 13.6. The van der Waals surface area contributed by atoms with Gasteiger partial charge in [0.2, 0.25) is 5.78 Å². The van der Waals surface area contributed by atoms with Crippen LogP contribution in [0.4, 0.5) is 0 Å². The number of benzene rings is 2. The summed E-state index contributed by atoms with van der Waals surface area (Å²) in [5, 5.41) is 13.6. The van der Waals surface area contributed by atoms with Crippen LogP contribution in [0.5, 0.6) is 5.75 Å². The van der Waals surface area contributed by atoms with Gasteiger partial charge in [0.25, 0.3) is 5.91 Å². The molecule has 4 aromatic rings. The van der Waals surface area contributed by atoms with E-state index in [1.165, 1.54) is 4.90 Å². The van der Waals surface area contributed by atoms with Gasteiger partial charge >= 0.3 is 0 Å². The van der Waals surface area contributed by atoms with Crippen molar-refractivity contribution in [2.24, 2.45) is 0 Å². The van der Waals surface area contributed by atoms with Gasteiger partial charge in [0.1, 0.15) is 12.4 Å². The van der Waals surface area contributed by atoms with Crippen molar-refractivity contribution in [3.63, 3.8) is 0 Å². The molecule has 1 fully saturated rings. The number of hydrogen-bond donors (Lipinski definition) is 0. The summed E-state index contributed by atoms with van der Waals surface area (Å²) < 4.78 is 5.81. The van der Waals surface area contributed by atoms with Crippen molar-refractivity contribution in [2.75, 3.05) is 0 Å². The maximum Gasteiger partial charge on any atom is 0.295 e. The van der Waals surface area contributed by atoms with E-state index in [0.717, 1.165) is 11.1 Å². The number of ether oxygens (including phenoxy) is 1. The summed E-state index contributed by atoms with van der Waals surface area (Å²) in [4.78, 5) is 34.7. The molecule has 2 aromatic carbocycles. The lowest BCUT2D eigenvalue weighted by Crippen LogP contribution is -2.29. The summed E-state index contributed by atoms with van der Waals surface area (Å²) in [6, 6.07) is 22.7. The highest BCUT2D eigenvalue weighted by atomic mass is 16.5. The average molecular weight is 478 g/mol. The van der Waals surface area contributed by atoms with E-state index in [0.29, 0.717) is 23.5 Å². The molecule has 5 rings (SSSR count). The number of nitrogens with one attached hydrogen (secondary N) is 1. The Morgan fingerprint density at radius 3 is 2.33 bits per heavy atom. The van der Waals surface area contributed by atoms with Crippen molar-refractivity contribution in [1.82, 2.24) is 9.88 Å². The van der Waals surface area contributed by atoms with E-state index in [-0.39, 0.29) is 12.1 Å². The Balaban J connectivity index is 1.47. The molecular formula is C29H23N3O4. The molecule has 7 nitrogen and oxygen atoms in total. The molecule has 1 unspecified atom stereocenters. The van der Waals surface area contributed by atoms with Crippen molar-refractivity contribution in [1.29, 1.82) is 0 Å². The zero-order chi connectivity index (χ0) is 24.9. The Morgan fingerprint density at radius 2 is 1.64 bits per heavy atom. The van der Waals surface area contributed by atoms with Crippen molar-refractivity contribution in [3.8, 4) is 5.75 Å². The van der Waals surface area contributed by atoms with E-state index >= 15 is 0 Å². The predicted octanol–water partition coefficient (Wildman–Crippen LogP) is 2.90. The molecule has 1 amide bonds. The van der Waals surface area contributed by atoms with Gasteiger partial charge in [-0.1, -0.05) is 48.2 Å². The second-order valence-corrected chi connectivity index (χ2v) is 8.40. The molecule has 1 aliphatic heterocycles. The van der Waals surface area contributed by atoms with E-state index in [2.05, 4.69) is 9.97 Å². The molecule has 1 N–H and O–H groups in total. The molecule has 36 heavy (non-hydrogen) atoms. The Kier molecular flexibility index (Phi) is 6.53. The third-order valence-corrected chi connectivity index (χ3v) is 6.04. The molecule has 7 heteroatoms. The highest BCUT2D eigenvalue weighted by Gasteiger charge is 2.44. The lowest BCUT2D eigenvalue weighted by atomic mass is 9.96. The predicted molar refractivity (Wildman–Crippen MR) is 130 cm³/mol. The van der Waals surface area contributed by atoms with Crippen LogP contribution < -0.4 is 14.8 Å². The number of aromatic nitrogens is 2. The number of nitrogens with zero attached hydrogens (tertiary/aromatic N) is 2. The van der Waals surface area contributed by atoms with Gasteiger partial charge in [-0.15, -0.1) is 0 Å². The molecule has 0 saturated carbocycles. The van der Waals surface area contributed by atoms with Crippen LogP contribution in [0.25, 0.3) is 5.76 Å². The number of likely N-dealkylation sites (tertiary alicyclic amines) is 1. The van der Waals surface area contributed by atoms with Gasteiger partial charge in [0, 0.05) is 29.6 Å². The minimum atomic E-state index is -0.810. The van der Waals surface area contributed by atoms with Gasteiger partial charge in [-0.05, 0) is 47.0 Å². The number of pyridine rings is 2. The number of carbonyl (C=O) groups is 2. The number of Topliss-reactive ketones (excluding diaryl/α,β-unsaturated/α-hetero) is 1. The quantitative estimate of drug-likeness (QED) is 0.232. The molecule has 0 spiro atoms. The fourth-order valence-electron chi connectivity index (χ4n) is 4.25. The van der Waals surface area contributed by atoms with Crippen LogP contribution >= 0.6 is 0 Å². The minimum Gasteiger partial charge on any atom is -0.872 e. The number of amides is 1. The first kappa shape index (κ1) is 23.0. The zero-order valence-electron chi connectivity index (χ0n) is 19.3. The maximum absolute atomic E-state index is 13.6. The van der Waals surface area contributed by atoms with Crippen LogP contribution in [0.2, 0.25) is 0 Å². The van der Waals surface area contributed by atoms with Crippen LogP contribution in [0.1, 0.15) is 28.3 Å². The lowest BCUT2D eigenvalue weighted by Gasteiger charge is -2.27. The van der Waals surface area contributed by atoms with Crippen molar-refractivity contribution in [2.45, 2.75) is 19.2 Å². The fraction of sp³-hybridized carbons (Fsp3) is 0.103. The smallest absolute Gasteiger partial charge is 0.295 e. The summed E-state index contributed by atoms with van der Waals surface area (Å²) in [5.74, 6) is -1.37. The van der Waals surface area contributed by atoms with E-state index < -0.39 is 23.5 Å². The van der Waals surface area contributed by atoms with Gasteiger partial charge in [-0.3, -0.25) is 14.6 Å². The van der Waals surface area contributed by atoms with Crippen LogP contribution in [0.3, 0.4) is 0 Å². The minimum absolute atomic E-state index is 0.0657. The fourth-order valence-corrected chi connectivity index (χ4v) is 4.25. The van der Waals surface area contributed by atoms with E-state index in [1.54, 1.807) is 61.2 Å².